The van der Waals surface area contributed by atoms with Crippen LogP contribution in [-0.2, 0) is 0 Å². The smallest absolute Gasteiger partial charge is 0.199 e. The first kappa shape index (κ1) is 15.6. The fraction of sp³-hybridized carbons (Fsp3) is 0.133. The molecule has 0 spiro atoms. The van der Waals surface area contributed by atoms with Crippen LogP contribution >= 0.6 is 15.9 Å². The lowest BCUT2D eigenvalue weighted by Gasteiger charge is -2.11. The number of hydrogen-bond acceptors (Lipinski definition) is 2. The van der Waals surface area contributed by atoms with Gasteiger partial charge < -0.3 is 4.74 Å². The monoisotopic (exact) mass is 358 g/mol. The molecule has 0 saturated carbocycles. The minimum Gasteiger partial charge on any atom is -0.496 e. The standard InChI is InChI=1S/C15H10BrF3O2/c1-7-5-12(21-2)9(6-10(7)16)15(20)8-3-4-11(17)14(19)13(8)18/h3-6H,1-2H3. The average molecular weight is 359 g/mol. The summed E-state index contributed by atoms with van der Waals surface area (Å²) in [5, 5.41) is 0. The molecule has 2 nitrogen and oxygen atoms in total. The lowest BCUT2D eigenvalue weighted by atomic mass is 10.0. The molecule has 2 rings (SSSR count). The van der Waals surface area contributed by atoms with Crippen LogP contribution in [0.25, 0.3) is 0 Å². The molecule has 0 unspecified atom stereocenters. The number of aryl methyl sites for hydroxylation is 1. The van der Waals surface area contributed by atoms with Gasteiger partial charge in [0, 0.05) is 4.47 Å². The third-order valence-electron chi connectivity index (χ3n) is 3.01. The van der Waals surface area contributed by atoms with E-state index in [0.717, 1.165) is 11.6 Å². The van der Waals surface area contributed by atoms with Gasteiger partial charge in [-0.25, -0.2) is 13.2 Å². The SMILES string of the molecule is COc1cc(C)c(Br)cc1C(=O)c1ccc(F)c(F)c1F. The van der Waals surface area contributed by atoms with Crippen LogP contribution in [-0.4, -0.2) is 12.9 Å². The summed E-state index contributed by atoms with van der Waals surface area (Å²) in [6, 6.07) is 4.66. The Hall–Kier alpha value is -1.82. The fourth-order valence-electron chi connectivity index (χ4n) is 1.85. The first-order chi connectivity index (χ1) is 9.86. The van der Waals surface area contributed by atoms with Crippen LogP contribution in [0.1, 0.15) is 21.5 Å². The zero-order valence-corrected chi connectivity index (χ0v) is 12.7. The maximum absolute atomic E-state index is 13.7. The largest absolute Gasteiger partial charge is 0.496 e. The van der Waals surface area contributed by atoms with E-state index in [1.165, 1.54) is 13.2 Å². The van der Waals surface area contributed by atoms with Crippen LogP contribution in [0.4, 0.5) is 13.2 Å². The van der Waals surface area contributed by atoms with E-state index >= 15 is 0 Å². The molecule has 0 aliphatic carbocycles. The molecule has 0 atom stereocenters. The number of methoxy groups -OCH3 is 1. The molecule has 0 saturated heterocycles. The predicted molar refractivity (Wildman–Crippen MR) is 75.2 cm³/mol. The Kier molecular flexibility index (Phi) is 4.37. The van der Waals surface area contributed by atoms with E-state index < -0.39 is 28.8 Å². The van der Waals surface area contributed by atoms with Gasteiger partial charge in [-0.15, -0.1) is 0 Å². The van der Waals surface area contributed by atoms with Gasteiger partial charge in [-0.3, -0.25) is 4.79 Å². The van der Waals surface area contributed by atoms with Crippen molar-refractivity contribution in [3.63, 3.8) is 0 Å². The zero-order chi connectivity index (χ0) is 15.7. The van der Waals surface area contributed by atoms with E-state index in [2.05, 4.69) is 15.9 Å². The number of halogens is 4. The maximum Gasteiger partial charge on any atom is 0.199 e. The lowest BCUT2D eigenvalue weighted by molar-refractivity contribution is 0.103. The van der Waals surface area contributed by atoms with Crippen LogP contribution in [0.15, 0.2) is 28.7 Å². The van der Waals surface area contributed by atoms with Crippen LogP contribution in [0, 0.1) is 24.4 Å². The van der Waals surface area contributed by atoms with Gasteiger partial charge >= 0.3 is 0 Å². The second kappa shape index (κ2) is 5.89. The van der Waals surface area contributed by atoms with Gasteiger partial charge in [-0.2, -0.15) is 0 Å². The topological polar surface area (TPSA) is 26.3 Å². The molecule has 0 aliphatic rings. The molecule has 0 N–H and O–H groups in total. The highest BCUT2D eigenvalue weighted by Gasteiger charge is 2.23. The number of hydrogen-bond donors (Lipinski definition) is 0. The second-order valence-corrected chi connectivity index (χ2v) is 5.21. The quantitative estimate of drug-likeness (QED) is 0.599. The Labute approximate surface area is 127 Å². The Morgan fingerprint density at radius 1 is 1.10 bits per heavy atom. The van der Waals surface area contributed by atoms with Crippen LogP contribution < -0.4 is 4.74 Å². The minimum absolute atomic E-state index is 0.0554. The predicted octanol–water partition coefficient (Wildman–Crippen LogP) is 4.41. The number of ether oxygens (including phenoxy) is 1. The molecular formula is C15H10BrF3O2. The zero-order valence-electron chi connectivity index (χ0n) is 11.1. The van der Waals surface area contributed by atoms with Crippen molar-refractivity contribution in [1.29, 1.82) is 0 Å². The second-order valence-electron chi connectivity index (χ2n) is 4.35. The van der Waals surface area contributed by atoms with Crippen LogP contribution in [0.3, 0.4) is 0 Å². The van der Waals surface area contributed by atoms with Crippen molar-refractivity contribution in [2.75, 3.05) is 7.11 Å². The number of ketones is 1. The Morgan fingerprint density at radius 2 is 1.76 bits per heavy atom. The molecule has 0 radical (unpaired) electrons. The van der Waals surface area contributed by atoms with Gasteiger partial charge in [0.25, 0.3) is 0 Å². The Balaban J connectivity index is 2.60. The van der Waals surface area contributed by atoms with E-state index in [1.54, 1.807) is 13.0 Å². The van der Waals surface area contributed by atoms with Crippen molar-refractivity contribution in [1.82, 2.24) is 0 Å². The molecule has 0 bridgehead atoms. The Morgan fingerprint density at radius 3 is 2.38 bits per heavy atom. The lowest BCUT2D eigenvalue weighted by Crippen LogP contribution is -2.09. The van der Waals surface area contributed by atoms with Gasteiger partial charge in [0.1, 0.15) is 5.75 Å². The normalized spacial score (nSPS) is 10.6. The van der Waals surface area contributed by atoms with E-state index in [4.69, 9.17) is 4.74 Å². The molecule has 110 valence electrons. The van der Waals surface area contributed by atoms with Crippen molar-refractivity contribution < 1.29 is 22.7 Å². The molecule has 2 aromatic carbocycles. The van der Waals surface area contributed by atoms with Gasteiger partial charge in [-0.05, 0) is 36.8 Å². The van der Waals surface area contributed by atoms with Crippen LogP contribution in [0.5, 0.6) is 5.75 Å². The first-order valence-electron chi connectivity index (χ1n) is 5.89. The molecule has 0 aliphatic heterocycles. The highest BCUT2D eigenvalue weighted by molar-refractivity contribution is 9.10. The molecule has 2 aromatic rings. The highest BCUT2D eigenvalue weighted by atomic mass is 79.9. The van der Waals surface area contributed by atoms with Crippen LogP contribution in [0.2, 0.25) is 0 Å². The van der Waals surface area contributed by atoms with Crippen molar-refractivity contribution in [3.05, 3.63) is 62.9 Å². The maximum atomic E-state index is 13.7. The van der Waals surface area contributed by atoms with Crippen molar-refractivity contribution in [2.24, 2.45) is 0 Å². The summed E-state index contributed by atoms with van der Waals surface area (Å²) < 4.78 is 45.6. The molecule has 6 heteroatoms. The van der Waals surface area contributed by atoms with Gasteiger partial charge in [0.05, 0.1) is 18.2 Å². The van der Waals surface area contributed by atoms with E-state index in [1.807, 2.05) is 0 Å². The molecule has 0 heterocycles. The van der Waals surface area contributed by atoms with Crippen molar-refractivity contribution >= 4 is 21.7 Å². The average Bonchev–Trinajstić information content (AvgIpc) is 2.46. The third kappa shape index (κ3) is 2.81. The summed E-state index contributed by atoms with van der Waals surface area (Å²) in [4.78, 5) is 12.3. The summed E-state index contributed by atoms with van der Waals surface area (Å²) in [5.74, 6) is -5.10. The fourth-order valence-corrected chi connectivity index (χ4v) is 2.19. The highest BCUT2D eigenvalue weighted by Crippen LogP contribution is 2.29. The molecule has 21 heavy (non-hydrogen) atoms. The number of benzene rings is 2. The third-order valence-corrected chi connectivity index (χ3v) is 3.86. The minimum atomic E-state index is -1.68. The molecule has 0 fully saturated rings. The summed E-state index contributed by atoms with van der Waals surface area (Å²) in [7, 11) is 1.36. The van der Waals surface area contributed by atoms with Gasteiger partial charge in [0.2, 0.25) is 0 Å². The van der Waals surface area contributed by atoms with Crippen molar-refractivity contribution in [3.8, 4) is 5.75 Å². The summed E-state index contributed by atoms with van der Waals surface area (Å²) in [6.45, 7) is 1.79. The van der Waals surface area contributed by atoms with Crippen molar-refractivity contribution in [2.45, 2.75) is 6.92 Å². The molecule has 0 amide bonds. The first-order valence-corrected chi connectivity index (χ1v) is 6.68. The Bertz CT molecular complexity index is 729. The number of carbonyl (C=O) groups excluding carboxylic acids is 1. The van der Waals surface area contributed by atoms with Gasteiger partial charge in [0.15, 0.2) is 23.2 Å². The van der Waals surface area contributed by atoms with Gasteiger partial charge in [-0.1, -0.05) is 15.9 Å². The number of rotatable bonds is 3. The summed E-state index contributed by atoms with van der Waals surface area (Å²) >= 11 is 3.26. The number of carbonyl (C=O) groups is 1. The molecular weight excluding hydrogens is 349 g/mol. The van der Waals surface area contributed by atoms with E-state index in [-0.39, 0.29) is 11.3 Å². The molecule has 0 aromatic heterocycles. The van der Waals surface area contributed by atoms with E-state index in [9.17, 15) is 18.0 Å². The summed E-state index contributed by atoms with van der Waals surface area (Å²) in [6.07, 6.45) is 0. The van der Waals surface area contributed by atoms with E-state index in [0.29, 0.717) is 10.5 Å². The summed E-state index contributed by atoms with van der Waals surface area (Å²) in [5.41, 5.74) is 0.317.